The van der Waals surface area contributed by atoms with E-state index in [0.717, 1.165) is 45.1 Å². The number of likely N-dealkylation sites (tertiary alicyclic amines) is 1. The maximum atomic E-state index is 12.7. The van der Waals surface area contributed by atoms with Crippen molar-refractivity contribution in [2.75, 3.05) is 13.1 Å². The highest BCUT2D eigenvalue weighted by Crippen LogP contribution is 2.45. The monoisotopic (exact) mass is 278 g/mol. The Morgan fingerprint density at radius 2 is 1.95 bits per heavy atom. The lowest BCUT2D eigenvalue weighted by Crippen LogP contribution is -2.45. The minimum absolute atomic E-state index is 0.0792. The van der Waals surface area contributed by atoms with Gasteiger partial charge in [0, 0.05) is 19.0 Å². The lowest BCUT2D eigenvalue weighted by Gasteiger charge is -2.33. The molecular formula is C16H26N2O2. The van der Waals surface area contributed by atoms with E-state index in [0.29, 0.717) is 24.9 Å². The lowest BCUT2D eigenvalue weighted by molar-refractivity contribution is -0.143. The predicted molar refractivity (Wildman–Crippen MR) is 77.0 cm³/mol. The molecule has 2 unspecified atom stereocenters. The smallest absolute Gasteiger partial charge is 0.235 e. The van der Waals surface area contributed by atoms with Gasteiger partial charge in [-0.2, -0.15) is 0 Å². The van der Waals surface area contributed by atoms with Crippen LogP contribution in [0.25, 0.3) is 0 Å². The van der Waals surface area contributed by atoms with Gasteiger partial charge >= 0.3 is 0 Å². The van der Waals surface area contributed by atoms with Crippen LogP contribution in [0.2, 0.25) is 0 Å². The quantitative estimate of drug-likeness (QED) is 0.787. The number of nitrogens with zero attached hydrogens (tertiary/aromatic N) is 1. The zero-order valence-electron chi connectivity index (χ0n) is 12.5. The second kappa shape index (κ2) is 5.47. The standard InChI is InChI=1S/C16H26N2O2/c1-12-5-6-13(10-17-12)11-18-14(19)9-16(15(18)20)7-3-2-4-8-16/h12-13,17H,2-11H2,1H3. The number of nitrogens with one attached hydrogen (secondary N) is 1. The fourth-order valence-corrected chi connectivity index (χ4v) is 4.14. The molecule has 1 saturated carbocycles. The van der Waals surface area contributed by atoms with Crippen LogP contribution in [0.3, 0.4) is 0 Å². The largest absolute Gasteiger partial charge is 0.314 e. The summed E-state index contributed by atoms with van der Waals surface area (Å²) < 4.78 is 0. The Hall–Kier alpha value is -0.900. The van der Waals surface area contributed by atoms with Gasteiger partial charge in [0.1, 0.15) is 0 Å². The third-order valence-electron chi connectivity index (χ3n) is 5.50. The van der Waals surface area contributed by atoms with Crippen LogP contribution in [-0.2, 0) is 9.59 Å². The highest BCUT2D eigenvalue weighted by molar-refractivity contribution is 6.05. The second-order valence-electron chi connectivity index (χ2n) is 7.08. The molecule has 0 radical (unpaired) electrons. The Kier molecular flexibility index (Phi) is 3.85. The van der Waals surface area contributed by atoms with E-state index in [1.54, 1.807) is 4.90 Å². The van der Waals surface area contributed by atoms with Crippen LogP contribution in [-0.4, -0.2) is 35.8 Å². The highest BCUT2D eigenvalue weighted by Gasteiger charge is 2.51. The number of carbonyl (C=O) groups excluding carboxylic acids is 2. The van der Waals surface area contributed by atoms with E-state index < -0.39 is 0 Å². The molecule has 2 heterocycles. The number of carbonyl (C=O) groups is 2. The van der Waals surface area contributed by atoms with Crippen molar-refractivity contribution in [2.45, 2.75) is 64.3 Å². The van der Waals surface area contributed by atoms with Crippen molar-refractivity contribution in [3.05, 3.63) is 0 Å². The summed E-state index contributed by atoms with van der Waals surface area (Å²) in [6, 6.07) is 0.570. The Morgan fingerprint density at radius 1 is 1.20 bits per heavy atom. The molecule has 3 fully saturated rings. The average Bonchev–Trinajstić information content (AvgIpc) is 2.67. The number of amides is 2. The number of hydrogen-bond donors (Lipinski definition) is 1. The maximum Gasteiger partial charge on any atom is 0.235 e. The number of rotatable bonds is 2. The van der Waals surface area contributed by atoms with Gasteiger partial charge in [0.15, 0.2) is 0 Å². The molecular weight excluding hydrogens is 252 g/mol. The number of imide groups is 1. The van der Waals surface area contributed by atoms with Gasteiger partial charge in [0.2, 0.25) is 11.8 Å². The Labute approximate surface area is 121 Å². The van der Waals surface area contributed by atoms with E-state index in [-0.39, 0.29) is 17.2 Å². The van der Waals surface area contributed by atoms with Crippen LogP contribution in [0.1, 0.15) is 58.3 Å². The molecule has 0 aromatic heterocycles. The van der Waals surface area contributed by atoms with Gasteiger partial charge in [0.05, 0.1) is 5.41 Å². The molecule has 20 heavy (non-hydrogen) atoms. The summed E-state index contributed by atoms with van der Waals surface area (Å²) in [5.74, 6) is 0.661. The molecule has 2 aliphatic heterocycles. The minimum Gasteiger partial charge on any atom is -0.314 e. The van der Waals surface area contributed by atoms with E-state index in [4.69, 9.17) is 0 Å². The Bertz CT molecular complexity index is 393. The van der Waals surface area contributed by atoms with Crippen molar-refractivity contribution in [3.8, 4) is 0 Å². The molecule has 0 bridgehead atoms. The van der Waals surface area contributed by atoms with Crippen LogP contribution < -0.4 is 5.32 Å². The van der Waals surface area contributed by atoms with Gasteiger partial charge in [-0.1, -0.05) is 19.3 Å². The first-order valence-electron chi connectivity index (χ1n) is 8.19. The van der Waals surface area contributed by atoms with Gasteiger partial charge < -0.3 is 5.32 Å². The molecule has 1 aliphatic carbocycles. The molecule has 2 saturated heterocycles. The average molecular weight is 278 g/mol. The molecule has 4 heteroatoms. The molecule has 4 nitrogen and oxygen atoms in total. The number of hydrogen-bond acceptors (Lipinski definition) is 3. The van der Waals surface area contributed by atoms with E-state index in [9.17, 15) is 9.59 Å². The molecule has 3 rings (SSSR count). The van der Waals surface area contributed by atoms with Gasteiger partial charge in [-0.3, -0.25) is 14.5 Å². The van der Waals surface area contributed by atoms with Gasteiger partial charge in [-0.05, 0) is 45.1 Å². The molecule has 2 atom stereocenters. The van der Waals surface area contributed by atoms with Crippen molar-refractivity contribution < 1.29 is 9.59 Å². The van der Waals surface area contributed by atoms with Crippen molar-refractivity contribution in [1.29, 1.82) is 0 Å². The fraction of sp³-hybridized carbons (Fsp3) is 0.875. The molecule has 0 aromatic rings. The fourth-order valence-electron chi connectivity index (χ4n) is 4.14. The number of piperidine rings is 1. The molecule has 1 N–H and O–H groups in total. The summed E-state index contributed by atoms with van der Waals surface area (Å²) in [6.45, 7) is 3.77. The first-order chi connectivity index (χ1) is 9.61. The van der Waals surface area contributed by atoms with Crippen molar-refractivity contribution in [1.82, 2.24) is 10.2 Å². The normalized spacial score (nSPS) is 34.0. The van der Waals surface area contributed by atoms with Crippen LogP contribution in [0.5, 0.6) is 0 Å². The highest BCUT2D eigenvalue weighted by atomic mass is 16.2. The molecule has 1 spiro atoms. The van der Waals surface area contributed by atoms with Crippen LogP contribution in [0.4, 0.5) is 0 Å². The van der Waals surface area contributed by atoms with Gasteiger partial charge in [0.25, 0.3) is 0 Å². The van der Waals surface area contributed by atoms with Crippen LogP contribution in [0, 0.1) is 11.3 Å². The van der Waals surface area contributed by atoms with Gasteiger partial charge in [-0.15, -0.1) is 0 Å². The summed E-state index contributed by atoms with van der Waals surface area (Å²) in [4.78, 5) is 26.6. The van der Waals surface area contributed by atoms with E-state index in [1.165, 1.54) is 6.42 Å². The second-order valence-corrected chi connectivity index (χ2v) is 7.08. The Balaban J connectivity index is 1.65. The summed E-state index contributed by atoms with van der Waals surface area (Å²) in [5, 5.41) is 3.46. The van der Waals surface area contributed by atoms with E-state index in [2.05, 4.69) is 12.2 Å². The van der Waals surface area contributed by atoms with Crippen molar-refractivity contribution in [2.24, 2.45) is 11.3 Å². The minimum atomic E-state index is -0.315. The van der Waals surface area contributed by atoms with Crippen molar-refractivity contribution in [3.63, 3.8) is 0 Å². The third-order valence-corrected chi connectivity index (χ3v) is 5.50. The van der Waals surface area contributed by atoms with Gasteiger partial charge in [-0.25, -0.2) is 0 Å². The molecule has 112 valence electrons. The summed E-state index contributed by atoms with van der Waals surface area (Å²) in [6.07, 6.45) is 8.02. The lowest BCUT2D eigenvalue weighted by atomic mass is 9.73. The zero-order chi connectivity index (χ0) is 14.2. The molecule has 3 aliphatic rings. The summed E-state index contributed by atoms with van der Waals surface area (Å²) >= 11 is 0. The zero-order valence-corrected chi connectivity index (χ0v) is 12.5. The molecule has 0 aromatic carbocycles. The SMILES string of the molecule is CC1CCC(CN2C(=O)CC3(CCCCC3)C2=O)CN1. The molecule has 2 amide bonds. The predicted octanol–water partition coefficient (Wildman–Crippen LogP) is 2.08. The topological polar surface area (TPSA) is 49.4 Å². The van der Waals surface area contributed by atoms with E-state index >= 15 is 0 Å². The summed E-state index contributed by atoms with van der Waals surface area (Å²) in [7, 11) is 0. The first kappa shape index (κ1) is 14.1. The Morgan fingerprint density at radius 3 is 2.60 bits per heavy atom. The maximum absolute atomic E-state index is 12.7. The van der Waals surface area contributed by atoms with E-state index in [1.807, 2.05) is 0 Å². The van der Waals surface area contributed by atoms with Crippen molar-refractivity contribution >= 4 is 11.8 Å². The first-order valence-corrected chi connectivity index (χ1v) is 8.19. The third kappa shape index (κ3) is 2.50. The van der Waals surface area contributed by atoms with Crippen LogP contribution >= 0.6 is 0 Å². The van der Waals surface area contributed by atoms with Crippen LogP contribution in [0.15, 0.2) is 0 Å². The summed E-state index contributed by atoms with van der Waals surface area (Å²) in [5.41, 5.74) is -0.315.